The van der Waals surface area contributed by atoms with Gasteiger partial charge in [-0.1, -0.05) is 66.7 Å². The predicted molar refractivity (Wildman–Crippen MR) is 164 cm³/mol. The monoisotopic (exact) mass is 606 g/mol. The Bertz CT molecular complexity index is 1700. The van der Waals surface area contributed by atoms with Crippen LogP contribution in [0.2, 0.25) is 0 Å². The third-order valence-electron chi connectivity index (χ3n) is 5.92. The molecule has 0 aliphatic carbocycles. The highest BCUT2D eigenvalue weighted by Crippen LogP contribution is 2.17. The smallest absolute Gasteiger partial charge is 0.343 e. The fourth-order valence-corrected chi connectivity index (χ4v) is 3.63. The number of esters is 1. The average molecular weight is 607 g/mol. The average Bonchev–Trinajstić information content (AvgIpc) is 3.06. The maximum atomic E-state index is 11.8. The summed E-state index contributed by atoms with van der Waals surface area (Å²) in [6, 6.07) is 36.6. The summed E-state index contributed by atoms with van der Waals surface area (Å²) in [6.45, 7) is 0. The second-order valence-corrected chi connectivity index (χ2v) is 9.02. The largest absolute Gasteiger partial charge is 0.478 e. The number of benzene rings is 5. The molecule has 5 aromatic carbocycles. The summed E-state index contributed by atoms with van der Waals surface area (Å²) in [5, 5.41) is 34.5. The number of carboxylic acids is 4. The maximum Gasteiger partial charge on any atom is 0.343 e. The molecule has 10 nitrogen and oxygen atoms in total. The van der Waals surface area contributed by atoms with Crippen LogP contribution in [0.15, 0.2) is 133 Å². The fourth-order valence-electron chi connectivity index (χ4n) is 3.63. The molecule has 0 bridgehead atoms. The Balaban J connectivity index is 0.000000197. The van der Waals surface area contributed by atoms with E-state index in [1.54, 1.807) is 0 Å². The Morgan fingerprint density at radius 3 is 1.11 bits per heavy atom. The van der Waals surface area contributed by atoms with Gasteiger partial charge in [-0.05, 0) is 77.9 Å². The lowest BCUT2D eigenvalue weighted by Crippen LogP contribution is -2.09. The number of hydrogen-bond acceptors (Lipinski definition) is 6. The topological polar surface area (TPSA) is 175 Å². The van der Waals surface area contributed by atoms with Gasteiger partial charge in [0, 0.05) is 0 Å². The van der Waals surface area contributed by atoms with E-state index in [0.717, 1.165) is 6.07 Å². The van der Waals surface area contributed by atoms with Gasteiger partial charge in [-0.3, -0.25) is 0 Å². The molecule has 0 unspecified atom stereocenters. The summed E-state index contributed by atoms with van der Waals surface area (Å²) in [4.78, 5) is 54.0. The molecule has 0 radical (unpaired) electrons. The number of carbonyl (C=O) groups is 5. The van der Waals surface area contributed by atoms with Crippen molar-refractivity contribution in [2.75, 3.05) is 0 Å². The van der Waals surface area contributed by atoms with Gasteiger partial charge in [0.1, 0.15) is 5.75 Å². The van der Waals surface area contributed by atoms with E-state index in [1.165, 1.54) is 77.9 Å². The molecule has 0 aliphatic rings. The number of rotatable bonds is 7. The Hall–Kier alpha value is -6.55. The van der Waals surface area contributed by atoms with Crippen LogP contribution in [0.4, 0.5) is 0 Å². The van der Waals surface area contributed by atoms with E-state index in [-0.39, 0.29) is 33.6 Å². The van der Waals surface area contributed by atoms with Gasteiger partial charge in [0.05, 0.1) is 27.8 Å². The number of aromatic carboxylic acids is 4. The van der Waals surface area contributed by atoms with E-state index < -0.39 is 29.8 Å². The van der Waals surface area contributed by atoms with Gasteiger partial charge in [-0.25, -0.2) is 24.0 Å². The van der Waals surface area contributed by atoms with Crippen molar-refractivity contribution in [1.29, 1.82) is 0 Å². The highest BCUT2D eigenvalue weighted by molar-refractivity contribution is 5.94. The first-order valence-corrected chi connectivity index (χ1v) is 13.1. The second-order valence-electron chi connectivity index (χ2n) is 9.02. The minimum atomic E-state index is -1.13. The van der Waals surface area contributed by atoms with Gasteiger partial charge in [0.25, 0.3) is 0 Å². The van der Waals surface area contributed by atoms with Gasteiger partial charge in [0.2, 0.25) is 0 Å². The SMILES string of the molecule is O=C(O)c1ccc(OC(=O)c2ccc(C(=O)O)cc2)cc1.O=C(O)c1cccc(C(=O)O)c1.c1ccc(-c2ccccc2)cc1. The van der Waals surface area contributed by atoms with Crippen LogP contribution in [-0.2, 0) is 0 Å². The van der Waals surface area contributed by atoms with E-state index >= 15 is 0 Å². The van der Waals surface area contributed by atoms with E-state index in [0.29, 0.717) is 0 Å². The minimum Gasteiger partial charge on any atom is -0.478 e. The molecule has 0 aromatic heterocycles. The van der Waals surface area contributed by atoms with Gasteiger partial charge in [0.15, 0.2) is 0 Å². The van der Waals surface area contributed by atoms with Crippen molar-refractivity contribution in [3.05, 3.63) is 161 Å². The lowest BCUT2D eigenvalue weighted by atomic mass is 10.1. The van der Waals surface area contributed by atoms with Crippen molar-refractivity contribution in [3.8, 4) is 16.9 Å². The Morgan fingerprint density at radius 2 is 0.733 bits per heavy atom. The maximum absolute atomic E-state index is 11.8. The molecule has 0 amide bonds. The van der Waals surface area contributed by atoms with Crippen molar-refractivity contribution >= 4 is 29.8 Å². The second kappa shape index (κ2) is 16.2. The standard InChI is InChI=1S/C15H10O6.C12H10.C8H6O4/c16-13(17)9-1-3-11(4-2-9)15(20)21-12-7-5-10(6-8-12)14(18)19;1-3-7-11(8-4-1)12-9-5-2-6-10-12;9-7(10)5-2-1-3-6(4-5)8(11)12/h1-8H,(H,16,17)(H,18,19);1-10H;1-4H,(H,9,10)(H,11,12). The van der Waals surface area contributed by atoms with Crippen molar-refractivity contribution in [2.24, 2.45) is 0 Å². The fraction of sp³-hybridized carbons (Fsp3) is 0. The molecule has 0 fully saturated rings. The lowest BCUT2D eigenvalue weighted by molar-refractivity contribution is 0.0680. The molecule has 5 rings (SSSR count). The molecule has 45 heavy (non-hydrogen) atoms. The summed E-state index contributed by atoms with van der Waals surface area (Å²) >= 11 is 0. The van der Waals surface area contributed by atoms with Crippen LogP contribution in [-0.4, -0.2) is 50.3 Å². The molecule has 0 aliphatic heterocycles. The summed E-state index contributed by atoms with van der Waals surface area (Å²) in [6.07, 6.45) is 0. The van der Waals surface area contributed by atoms with Crippen molar-refractivity contribution < 1.29 is 49.1 Å². The predicted octanol–water partition coefficient (Wildman–Crippen LogP) is 6.74. The Kier molecular flexibility index (Phi) is 11.9. The Labute approximate surface area is 257 Å². The van der Waals surface area contributed by atoms with Crippen molar-refractivity contribution in [3.63, 3.8) is 0 Å². The van der Waals surface area contributed by atoms with Crippen LogP contribution in [0.3, 0.4) is 0 Å². The van der Waals surface area contributed by atoms with E-state index in [9.17, 15) is 24.0 Å². The molecule has 0 heterocycles. The van der Waals surface area contributed by atoms with Crippen LogP contribution in [0.1, 0.15) is 51.8 Å². The van der Waals surface area contributed by atoms with Crippen LogP contribution in [0.25, 0.3) is 11.1 Å². The van der Waals surface area contributed by atoms with E-state index in [2.05, 4.69) is 48.5 Å². The first kappa shape index (κ1) is 33.0. The number of carbonyl (C=O) groups excluding carboxylic acids is 1. The molecule has 0 saturated heterocycles. The van der Waals surface area contributed by atoms with Crippen molar-refractivity contribution in [1.82, 2.24) is 0 Å². The zero-order valence-electron chi connectivity index (χ0n) is 23.4. The summed E-state index contributed by atoms with van der Waals surface area (Å²) in [7, 11) is 0. The number of hydrogen-bond donors (Lipinski definition) is 4. The molecule has 0 atom stereocenters. The van der Waals surface area contributed by atoms with Gasteiger partial charge in [-0.15, -0.1) is 0 Å². The van der Waals surface area contributed by atoms with Gasteiger partial charge < -0.3 is 25.2 Å². The minimum absolute atomic E-state index is 0.0186. The van der Waals surface area contributed by atoms with Crippen LogP contribution >= 0.6 is 0 Å². The van der Waals surface area contributed by atoms with Gasteiger partial charge >= 0.3 is 29.8 Å². The molecule has 10 heteroatoms. The zero-order valence-corrected chi connectivity index (χ0v) is 23.4. The van der Waals surface area contributed by atoms with E-state index in [1.807, 2.05) is 12.1 Å². The Morgan fingerprint density at radius 1 is 0.378 bits per heavy atom. The normalized spacial score (nSPS) is 9.69. The first-order valence-electron chi connectivity index (χ1n) is 13.1. The highest BCUT2D eigenvalue weighted by atomic mass is 16.5. The molecule has 0 spiro atoms. The van der Waals surface area contributed by atoms with Crippen LogP contribution in [0, 0.1) is 0 Å². The molecule has 0 saturated carbocycles. The van der Waals surface area contributed by atoms with E-state index in [4.69, 9.17) is 25.2 Å². The third kappa shape index (κ3) is 10.3. The third-order valence-corrected chi connectivity index (χ3v) is 5.92. The lowest BCUT2D eigenvalue weighted by Gasteiger charge is -2.05. The summed E-state index contributed by atoms with van der Waals surface area (Å²) in [5.41, 5.74) is 2.86. The van der Waals surface area contributed by atoms with Crippen LogP contribution < -0.4 is 4.74 Å². The van der Waals surface area contributed by atoms with Crippen molar-refractivity contribution in [2.45, 2.75) is 0 Å². The molecule has 4 N–H and O–H groups in total. The summed E-state index contributed by atoms with van der Waals surface area (Å²) < 4.78 is 5.06. The van der Waals surface area contributed by atoms with Gasteiger partial charge in [-0.2, -0.15) is 0 Å². The molecular formula is C35H26O10. The molecule has 226 valence electrons. The zero-order chi connectivity index (χ0) is 32.8. The summed E-state index contributed by atoms with van der Waals surface area (Å²) in [5.74, 6) is -4.87. The van der Waals surface area contributed by atoms with Crippen LogP contribution in [0.5, 0.6) is 5.75 Å². The molecule has 5 aromatic rings. The first-order chi connectivity index (χ1) is 21.5. The number of ether oxygens (including phenoxy) is 1. The highest BCUT2D eigenvalue weighted by Gasteiger charge is 2.11. The molecular weight excluding hydrogens is 580 g/mol. The number of carboxylic acid groups (broad SMARTS) is 4. The quantitative estimate of drug-likeness (QED) is 0.115.